The van der Waals surface area contributed by atoms with E-state index in [-0.39, 0.29) is 29.9 Å². The van der Waals surface area contributed by atoms with Gasteiger partial charge in [0, 0.05) is 13.1 Å². The lowest BCUT2D eigenvalue weighted by Gasteiger charge is -2.31. The van der Waals surface area contributed by atoms with Gasteiger partial charge in [0.05, 0.1) is 5.56 Å². The van der Waals surface area contributed by atoms with Crippen LogP contribution in [0.15, 0.2) is 18.2 Å². The number of carbonyl (C=O) groups excluding carboxylic acids is 1. The molecule has 1 aromatic rings. The Morgan fingerprint density at radius 1 is 1.37 bits per heavy atom. The number of piperidine rings is 1. The van der Waals surface area contributed by atoms with Gasteiger partial charge in [0.15, 0.2) is 0 Å². The van der Waals surface area contributed by atoms with E-state index < -0.39 is 5.82 Å². The lowest BCUT2D eigenvalue weighted by molar-refractivity contribution is 0.0698. The third kappa shape index (κ3) is 3.67. The number of nitrogens with one attached hydrogen (secondary N) is 1. The van der Waals surface area contributed by atoms with Crippen LogP contribution in [-0.2, 0) is 0 Å². The van der Waals surface area contributed by atoms with Crippen molar-refractivity contribution in [1.29, 1.82) is 0 Å². The summed E-state index contributed by atoms with van der Waals surface area (Å²) in [5, 5.41) is 3.26. The summed E-state index contributed by atoms with van der Waals surface area (Å²) >= 11 is 0. The Balaban J connectivity index is 0.00000180. The van der Waals surface area contributed by atoms with Gasteiger partial charge in [0.25, 0.3) is 5.91 Å². The molecule has 0 radical (unpaired) electrons. The number of hydrogen-bond acceptors (Lipinski definition) is 2. The largest absolute Gasteiger partial charge is 0.339 e. The van der Waals surface area contributed by atoms with Crippen molar-refractivity contribution >= 4 is 18.3 Å². The summed E-state index contributed by atoms with van der Waals surface area (Å²) in [5.74, 6) is -0.653. The number of aryl methyl sites for hydroxylation is 1. The molecule has 19 heavy (non-hydrogen) atoms. The highest BCUT2D eigenvalue weighted by molar-refractivity contribution is 5.94. The Morgan fingerprint density at radius 2 is 2.00 bits per heavy atom. The maximum absolute atomic E-state index is 13.8. The summed E-state index contributed by atoms with van der Waals surface area (Å²) in [7, 11) is 1.76. The molecule has 1 amide bonds. The van der Waals surface area contributed by atoms with Crippen LogP contribution in [0.5, 0.6) is 0 Å². The molecule has 0 bridgehead atoms. The molecule has 1 fully saturated rings. The maximum atomic E-state index is 13.8. The molecule has 1 aromatic carbocycles. The summed E-state index contributed by atoms with van der Waals surface area (Å²) in [6.45, 7) is 3.64. The fourth-order valence-electron chi connectivity index (χ4n) is 2.34. The molecule has 1 heterocycles. The third-order valence-electron chi connectivity index (χ3n) is 3.53. The van der Waals surface area contributed by atoms with Gasteiger partial charge in [0.2, 0.25) is 0 Å². The smallest absolute Gasteiger partial charge is 0.256 e. The number of benzene rings is 1. The van der Waals surface area contributed by atoms with Crippen LogP contribution in [-0.4, -0.2) is 37.0 Å². The molecule has 1 aliphatic rings. The summed E-state index contributed by atoms with van der Waals surface area (Å²) in [6, 6.07) is 4.96. The summed E-state index contributed by atoms with van der Waals surface area (Å²) < 4.78 is 13.8. The molecule has 3 nitrogen and oxygen atoms in total. The topological polar surface area (TPSA) is 32.3 Å². The normalized spacial score (nSPS) is 15.7. The SMILES string of the molecule is Cc1ccc(C(=O)N(C)C2CCNCC2)c(F)c1.Cl. The highest BCUT2D eigenvalue weighted by Crippen LogP contribution is 2.16. The zero-order valence-corrected chi connectivity index (χ0v) is 12.1. The van der Waals surface area contributed by atoms with Gasteiger partial charge in [0.1, 0.15) is 5.82 Å². The number of amides is 1. The van der Waals surface area contributed by atoms with E-state index in [4.69, 9.17) is 0 Å². The molecule has 0 atom stereocenters. The molecule has 0 unspecified atom stereocenters. The van der Waals surface area contributed by atoms with Crippen molar-refractivity contribution in [1.82, 2.24) is 10.2 Å². The van der Waals surface area contributed by atoms with Crippen LogP contribution in [0.1, 0.15) is 28.8 Å². The number of hydrogen-bond donors (Lipinski definition) is 1. The van der Waals surface area contributed by atoms with Gasteiger partial charge in [-0.3, -0.25) is 4.79 Å². The van der Waals surface area contributed by atoms with E-state index >= 15 is 0 Å². The summed E-state index contributed by atoms with van der Waals surface area (Å²) in [5.41, 5.74) is 0.996. The van der Waals surface area contributed by atoms with Crippen LogP contribution >= 0.6 is 12.4 Å². The van der Waals surface area contributed by atoms with Crippen molar-refractivity contribution in [2.45, 2.75) is 25.8 Å². The fourth-order valence-corrected chi connectivity index (χ4v) is 2.34. The second-order valence-electron chi connectivity index (χ2n) is 4.88. The number of halogens is 2. The van der Waals surface area contributed by atoms with Gasteiger partial charge in [-0.25, -0.2) is 4.39 Å². The fraction of sp³-hybridized carbons (Fsp3) is 0.500. The molecular formula is C14H20ClFN2O. The lowest BCUT2D eigenvalue weighted by Crippen LogP contribution is -2.44. The van der Waals surface area contributed by atoms with Crippen molar-refractivity contribution in [2.75, 3.05) is 20.1 Å². The van der Waals surface area contributed by atoms with Crippen LogP contribution in [0.25, 0.3) is 0 Å². The van der Waals surface area contributed by atoms with Crippen molar-refractivity contribution in [3.05, 3.63) is 35.1 Å². The molecule has 5 heteroatoms. The van der Waals surface area contributed by atoms with E-state index in [2.05, 4.69) is 5.32 Å². The van der Waals surface area contributed by atoms with E-state index in [1.807, 2.05) is 6.92 Å². The molecule has 106 valence electrons. The first-order valence-electron chi connectivity index (χ1n) is 6.33. The van der Waals surface area contributed by atoms with Crippen molar-refractivity contribution < 1.29 is 9.18 Å². The van der Waals surface area contributed by atoms with Gasteiger partial charge in [-0.2, -0.15) is 0 Å². The molecule has 2 rings (SSSR count). The number of nitrogens with zero attached hydrogens (tertiary/aromatic N) is 1. The molecule has 1 aliphatic heterocycles. The van der Waals surface area contributed by atoms with Gasteiger partial charge in [-0.15, -0.1) is 12.4 Å². The Labute approximate surface area is 119 Å². The van der Waals surface area contributed by atoms with E-state index in [9.17, 15) is 9.18 Å². The van der Waals surface area contributed by atoms with Crippen LogP contribution in [0.2, 0.25) is 0 Å². The monoisotopic (exact) mass is 286 g/mol. The van der Waals surface area contributed by atoms with E-state index in [0.717, 1.165) is 31.5 Å². The lowest BCUT2D eigenvalue weighted by atomic mass is 10.0. The Kier molecular flexibility index (Phi) is 5.76. The number of carbonyl (C=O) groups is 1. The van der Waals surface area contributed by atoms with Gasteiger partial charge in [-0.05, 0) is 50.6 Å². The Hall–Kier alpha value is -1.13. The van der Waals surface area contributed by atoms with Crippen molar-refractivity contribution in [3.8, 4) is 0 Å². The Morgan fingerprint density at radius 3 is 2.58 bits per heavy atom. The zero-order chi connectivity index (χ0) is 13.1. The Bertz CT molecular complexity index is 447. The third-order valence-corrected chi connectivity index (χ3v) is 3.53. The minimum Gasteiger partial charge on any atom is -0.339 e. The zero-order valence-electron chi connectivity index (χ0n) is 11.3. The van der Waals surface area contributed by atoms with Crippen LogP contribution in [0.4, 0.5) is 4.39 Å². The number of rotatable bonds is 2. The molecule has 1 saturated heterocycles. The average Bonchev–Trinajstić information content (AvgIpc) is 2.38. The van der Waals surface area contributed by atoms with Gasteiger partial charge >= 0.3 is 0 Å². The second-order valence-corrected chi connectivity index (χ2v) is 4.88. The standard InChI is InChI=1S/C14H19FN2O.ClH/c1-10-3-4-12(13(15)9-10)14(18)17(2)11-5-7-16-8-6-11;/h3-4,9,11,16H,5-8H2,1-2H3;1H. The van der Waals surface area contributed by atoms with Crippen LogP contribution in [0, 0.1) is 12.7 Å². The summed E-state index contributed by atoms with van der Waals surface area (Å²) in [6.07, 6.45) is 1.85. The molecule has 0 aliphatic carbocycles. The first kappa shape index (κ1) is 15.9. The van der Waals surface area contributed by atoms with E-state index in [1.165, 1.54) is 6.07 Å². The van der Waals surface area contributed by atoms with Gasteiger partial charge in [-0.1, -0.05) is 6.07 Å². The van der Waals surface area contributed by atoms with Crippen molar-refractivity contribution in [3.63, 3.8) is 0 Å². The first-order chi connectivity index (χ1) is 8.59. The summed E-state index contributed by atoms with van der Waals surface area (Å²) in [4.78, 5) is 13.9. The van der Waals surface area contributed by atoms with E-state index in [0.29, 0.717) is 0 Å². The molecule has 0 aromatic heterocycles. The highest BCUT2D eigenvalue weighted by Gasteiger charge is 2.24. The maximum Gasteiger partial charge on any atom is 0.256 e. The first-order valence-corrected chi connectivity index (χ1v) is 6.33. The second kappa shape index (κ2) is 6.87. The predicted octanol–water partition coefficient (Wildman–Crippen LogP) is 2.38. The molecule has 0 spiro atoms. The van der Waals surface area contributed by atoms with Crippen molar-refractivity contribution in [2.24, 2.45) is 0 Å². The van der Waals surface area contributed by atoms with E-state index in [1.54, 1.807) is 24.1 Å². The van der Waals surface area contributed by atoms with Crippen LogP contribution in [0.3, 0.4) is 0 Å². The van der Waals surface area contributed by atoms with Gasteiger partial charge < -0.3 is 10.2 Å². The quantitative estimate of drug-likeness (QED) is 0.905. The average molecular weight is 287 g/mol. The molecule has 1 N–H and O–H groups in total. The minimum atomic E-state index is -0.430. The minimum absolute atomic E-state index is 0. The predicted molar refractivity (Wildman–Crippen MR) is 76.4 cm³/mol. The highest BCUT2D eigenvalue weighted by atomic mass is 35.5. The molecule has 0 saturated carbocycles. The molecular weight excluding hydrogens is 267 g/mol. The van der Waals surface area contributed by atoms with Crippen LogP contribution < -0.4 is 5.32 Å².